The first kappa shape index (κ1) is 15.6. The summed E-state index contributed by atoms with van der Waals surface area (Å²) in [6.45, 7) is 3.78. The lowest BCUT2D eigenvalue weighted by molar-refractivity contribution is -0.134. The number of para-hydroxylation sites is 1. The molecule has 0 saturated carbocycles. The van der Waals surface area contributed by atoms with Crippen molar-refractivity contribution in [2.24, 2.45) is 0 Å². The average Bonchev–Trinajstić information content (AvgIpc) is 2.85. The van der Waals surface area contributed by atoms with Gasteiger partial charge in [0, 0.05) is 22.4 Å². The fourth-order valence-corrected chi connectivity index (χ4v) is 3.15. The summed E-state index contributed by atoms with van der Waals surface area (Å²) in [6, 6.07) is 12.8. The van der Waals surface area contributed by atoms with Crippen molar-refractivity contribution < 1.29 is 9.59 Å². The van der Waals surface area contributed by atoms with Gasteiger partial charge in [0.25, 0.3) is 0 Å². The summed E-state index contributed by atoms with van der Waals surface area (Å²) in [4.78, 5) is 26.5. The lowest BCUT2D eigenvalue weighted by atomic mass is 10.1. The van der Waals surface area contributed by atoms with Crippen LogP contribution in [0.4, 0.5) is 11.4 Å². The van der Waals surface area contributed by atoms with Crippen LogP contribution in [-0.2, 0) is 16.0 Å². The van der Waals surface area contributed by atoms with Gasteiger partial charge in [0.1, 0.15) is 0 Å². The number of fused-ring (bicyclic) bond motifs is 1. The molecule has 2 aromatic rings. The van der Waals surface area contributed by atoms with Crippen LogP contribution < -0.4 is 10.2 Å². The van der Waals surface area contributed by atoms with Crippen LogP contribution in [-0.4, -0.2) is 17.9 Å². The maximum atomic E-state index is 12.6. The van der Waals surface area contributed by atoms with Crippen molar-refractivity contribution in [2.45, 2.75) is 26.3 Å². The van der Waals surface area contributed by atoms with E-state index in [4.69, 9.17) is 11.6 Å². The Morgan fingerprint density at radius 1 is 1.22 bits per heavy atom. The number of nitrogens with one attached hydrogen (secondary N) is 1. The molecule has 2 amide bonds. The number of hydrogen-bond acceptors (Lipinski definition) is 2. The maximum Gasteiger partial charge on any atom is 0.316 e. The molecular weight excluding hydrogens is 312 g/mol. The second kappa shape index (κ2) is 6.05. The van der Waals surface area contributed by atoms with Crippen LogP contribution in [0.15, 0.2) is 42.5 Å². The van der Waals surface area contributed by atoms with E-state index in [2.05, 4.69) is 5.32 Å². The van der Waals surface area contributed by atoms with Gasteiger partial charge < -0.3 is 10.2 Å². The SMILES string of the molecule is Cc1cc(Cl)ccc1NC(=O)C(=O)N1c2ccccc2CC1C. The van der Waals surface area contributed by atoms with Crippen LogP contribution in [0.1, 0.15) is 18.1 Å². The predicted molar refractivity (Wildman–Crippen MR) is 91.9 cm³/mol. The average molecular weight is 329 g/mol. The summed E-state index contributed by atoms with van der Waals surface area (Å²) in [5.74, 6) is -1.18. The van der Waals surface area contributed by atoms with Crippen molar-refractivity contribution in [3.8, 4) is 0 Å². The van der Waals surface area contributed by atoms with E-state index in [1.807, 2.05) is 38.1 Å². The molecule has 3 rings (SSSR count). The molecule has 1 N–H and O–H groups in total. The Bertz CT molecular complexity index is 788. The topological polar surface area (TPSA) is 49.4 Å². The van der Waals surface area contributed by atoms with E-state index >= 15 is 0 Å². The van der Waals surface area contributed by atoms with E-state index in [-0.39, 0.29) is 6.04 Å². The lowest BCUT2D eigenvalue weighted by Crippen LogP contribution is -2.43. The fourth-order valence-electron chi connectivity index (χ4n) is 2.93. The van der Waals surface area contributed by atoms with Crippen LogP contribution in [0.2, 0.25) is 5.02 Å². The fraction of sp³-hybridized carbons (Fsp3) is 0.222. The van der Waals surface area contributed by atoms with Crippen molar-refractivity contribution in [3.05, 3.63) is 58.6 Å². The highest BCUT2D eigenvalue weighted by atomic mass is 35.5. The minimum atomic E-state index is -0.640. The number of benzene rings is 2. The first-order valence-corrected chi connectivity index (χ1v) is 7.84. The second-order valence-corrected chi connectivity index (χ2v) is 6.21. The first-order chi connectivity index (χ1) is 11.0. The van der Waals surface area contributed by atoms with E-state index < -0.39 is 11.8 Å². The zero-order valence-corrected chi connectivity index (χ0v) is 13.7. The van der Waals surface area contributed by atoms with Gasteiger partial charge in [-0.05, 0) is 55.7 Å². The van der Waals surface area contributed by atoms with Crippen LogP contribution in [0.3, 0.4) is 0 Å². The van der Waals surface area contributed by atoms with Crippen molar-refractivity contribution >= 4 is 34.8 Å². The minimum absolute atomic E-state index is 0.0306. The summed E-state index contributed by atoms with van der Waals surface area (Å²) >= 11 is 5.91. The monoisotopic (exact) mass is 328 g/mol. The van der Waals surface area contributed by atoms with Crippen LogP contribution in [0, 0.1) is 6.92 Å². The number of hydrogen-bond donors (Lipinski definition) is 1. The largest absolute Gasteiger partial charge is 0.318 e. The van der Waals surface area contributed by atoms with Crippen LogP contribution in [0.25, 0.3) is 0 Å². The first-order valence-electron chi connectivity index (χ1n) is 7.46. The highest BCUT2D eigenvalue weighted by molar-refractivity contribution is 6.44. The predicted octanol–water partition coefficient (Wildman–Crippen LogP) is 3.56. The van der Waals surface area contributed by atoms with Gasteiger partial charge >= 0.3 is 11.8 Å². The molecule has 1 aliphatic rings. The van der Waals surface area contributed by atoms with E-state index in [0.29, 0.717) is 10.7 Å². The van der Waals surface area contributed by atoms with Gasteiger partial charge in [-0.2, -0.15) is 0 Å². The molecule has 118 valence electrons. The molecule has 0 aromatic heterocycles. The van der Waals surface area contributed by atoms with Gasteiger partial charge in [-0.15, -0.1) is 0 Å². The van der Waals surface area contributed by atoms with Crippen molar-refractivity contribution in [3.63, 3.8) is 0 Å². The minimum Gasteiger partial charge on any atom is -0.318 e. The highest BCUT2D eigenvalue weighted by Crippen LogP contribution is 2.32. The van der Waals surface area contributed by atoms with Gasteiger partial charge in [-0.1, -0.05) is 29.8 Å². The van der Waals surface area contributed by atoms with E-state index in [0.717, 1.165) is 23.2 Å². The molecule has 1 heterocycles. The van der Waals surface area contributed by atoms with Crippen molar-refractivity contribution in [1.29, 1.82) is 0 Å². The molecule has 0 fully saturated rings. The zero-order chi connectivity index (χ0) is 16.6. The molecule has 0 bridgehead atoms. The van der Waals surface area contributed by atoms with Crippen LogP contribution >= 0.6 is 11.6 Å². The molecule has 1 unspecified atom stereocenters. The number of carbonyl (C=O) groups excluding carboxylic acids is 2. The molecule has 0 spiro atoms. The van der Waals surface area contributed by atoms with Crippen molar-refractivity contribution in [2.75, 3.05) is 10.2 Å². The number of anilines is 2. The van der Waals surface area contributed by atoms with E-state index in [9.17, 15) is 9.59 Å². The molecule has 4 nitrogen and oxygen atoms in total. The van der Waals surface area contributed by atoms with Gasteiger partial charge in [0.15, 0.2) is 0 Å². The summed E-state index contributed by atoms with van der Waals surface area (Å²) in [5, 5.41) is 3.27. The smallest absolute Gasteiger partial charge is 0.316 e. The molecule has 1 aliphatic heterocycles. The van der Waals surface area contributed by atoms with E-state index in [1.54, 1.807) is 23.1 Å². The Labute approximate surface area is 140 Å². The van der Waals surface area contributed by atoms with Crippen molar-refractivity contribution in [1.82, 2.24) is 0 Å². The number of halogens is 1. The third-order valence-electron chi connectivity index (χ3n) is 4.06. The molecule has 0 aliphatic carbocycles. The summed E-state index contributed by atoms with van der Waals surface area (Å²) in [6.07, 6.45) is 0.759. The number of amides is 2. The number of rotatable bonds is 1. The lowest BCUT2D eigenvalue weighted by Gasteiger charge is -2.22. The summed E-state index contributed by atoms with van der Waals surface area (Å²) in [7, 11) is 0. The van der Waals surface area contributed by atoms with Gasteiger partial charge in [0.05, 0.1) is 0 Å². The second-order valence-electron chi connectivity index (χ2n) is 5.77. The Morgan fingerprint density at radius 3 is 2.70 bits per heavy atom. The molecule has 5 heteroatoms. The zero-order valence-electron chi connectivity index (χ0n) is 13.0. The Morgan fingerprint density at radius 2 is 1.96 bits per heavy atom. The van der Waals surface area contributed by atoms with E-state index in [1.165, 1.54) is 0 Å². The normalized spacial score (nSPS) is 16.1. The molecular formula is C18H17ClN2O2. The number of nitrogens with zero attached hydrogens (tertiary/aromatic N) is 1. The molecule has 0 radical (unpaired) electrons. The Balaban J connectivity index is 1.82. The Hall–Kier alpha value is -2.33. The maximum absolute atomic E-state index is 12.6. The Kier molecular flexibility index (Phi) is 4.09. The molecule has 1 atom stereocenters. The quantitative estimate of drug-likeness (QED) is 0.814. The molecule has 2 aromatic carbocycles. The van der Waals surface area contributed by atoms with Gasteiger partial charge in [0.2, 0.25) is 0 Å². The van der Waals surface area contributed by atoms with Gasteiger partial charge in [-0.25, -0.2) is 0 Å². The summed E-state index contributed by atoms with van der Waals surface area (Å²) in [5.41, 5.74) is 3.30. The number of carbonyl (C=O) groups is 2. The highest BCUT2D eigenvalue weighted by Gasteiger charge is 2.34. The third-order valence-corrected chi connectivity index (χ3v) is 4.29. The summed E-state index contributed by atoms with van der Waals surface area (Å²) < 4.78 is 0. The molecule has 23 heavy (non-hydrogen) atoms. The van der Waals surface area contributed by atoms with Gasteiger partial charge in [-0.3, -0.25) is 9.59 Å². The van der Waals surface area contributed by atoms with Crippen LogP contribution in [0.5, 0.6) is 0 Å². The molecule has 0 saturated heterocycles. The standard InChI is InChI=1S/C18H17ClN2O2/c1-11-9-14(19)7-8-15(11)20-17(22)18(23)21-12(2)10-13-5-3-4-6-16(13)21/h3-9,12H,10H2,1-2H3,(H,20,22). The number of aryl methyl sites for hydroxylation is 1. The third kappa shape index (κ3) is 2.94.